The van der Waals surface area contributed by atoms with E-state index in [1.165, 1.54) is 0 Å². The molecule has 0 bridgehead atoms. The van der Waals surface area contributed by atoms with Crippen LogP contribution < -0.4 is 10.2 Å². The molecule has 0 saturated carbocycles. The number of carbonyl (C=O) groups excluding carboxylic acids is 1. The van der Waals surface area contributed by atoms with Crippen LogP contribution >= 0.6 is 0 Å². The Morgan fingerprint density at radius 1 is 1.20 bits per heavy atom. The molecule has 2 aliphatic heterocycles. The van der Waals surface area contributed by atoms with Crippen molar-refractivity contribution < 1.29 is 14.2 Å². The van der Waals surface area contributed by atoms with Gasteiger partial charge in [-0.05, 0) is 18.6 Å². The molecule has 2 aliphatic rings. The summed E-state index contributed by atoms with van der Waals surface area (Å²) >= 11 is 0. The molecule has 1 saturated heterocycles. The highest BCUT2D eigenvalue weighted by Gasteiger charge is 2.63. The highest BCUT2D eigenvalue weighted by Crippen LogP contribution is 2.57. The molecule has 8 heteroatoms. The molecule has 3 heterocycles. The lowest BCUT2D eigenvalue weighted by Crippen LogP contribution is -2.49. The van der Waals surface area contributed by atoms with E-state index in [0.29, 0.717) is 6.54 Å². The van der Waals surface area contributed by atoms with Gasteiger partial charge in [0.15, 0.2) is 5.69 Å². The summed E-state index contributed by atoms with van der Waals surface area (Å²) in [5, 5.41) is 19.2. The van der Waals surface area contributed by atoms with Gasteiger partial charge in [0.25, 0.3) is 5.91 Å². The Bertz CT molecular complexity index is 1160. The van der Waals surface area contributed by atoms with Crippen molar-refractivity contribution in [3.05, 3.63) is 87.3 Å². The number of nitro groups is 1. The Labute approximate surface area is 172 Å². The molecule has 30 heavy (non-hydrogen) atoms. The van der Waals surface area contributed by atoms with E-state index in [4.69, 9.17) is 4.52 Å². The van der Waals surface area contributed by atoms with E-state index >= 15 is 0 Å². The summed E-state index contributed by atoms with van der Waals surface area (Å²) in [6.45, 7) is 2.02. The summed E-state index contributed by atoms with van der Waals surface area (Å²) in [5.74, 6) is -0.855. The van der Waals surface area contributed by atoms with Crippen molar-refractivity contribution in [3.8, 4) is 0 Å². The third-order valence-electron chi connectivity index (χ3n) is 6.35. The first-order valence-corrected chi connectivity index (χ1v) is 9.75. The van der Waals surface area contributed by atoms with Gasteiger partial charge in [0, 0.05) is 30.8 Å². The number of nitrogens with one attached hydrogen (secondary N) is 1. The fraction of sp³-hybridized carbons (Fsp3) is 0.273. The van der Waals surface area contributed by atoms with Gasteiger partial charge < -0.3 is 9.42 Å². The summed E-state index contributed by atoms with van der Waals surface area (Å²) in [6.07, 6.45) is 0. The fourth-order valence-corrected chi connectivity index (χ4v) is 5.06. The number of amides is 1. The van der Waals surface area contributed by atoms with Crippen LogP contribution in [0, 0.1) is 17.0 Å². The zero-order chi connectivity index (χ0) is 21.0. The second-order valence-electron chi connectivity index (χ2n) is 7.80. The van der Waals surface area contributed by atoms with Crippen molar-refractivity contribution in [2.45, 2.75) is 24.3 Å². The number of anilines is 1. The number of aromatic nitrogens is 1. The van der Waals surface area contributed by atoms with Crippen LogP contribution in [0.3, 0.4) is 0 Å². The number of carbonyl (C=O) groups is 1. The van der Waals surface area contributed by atoms with Crippen LogP contribution in [0.5, 0.6) is 0 Å². The molecule has 0 unspecified atom stereocenters. The van der Waals surface area contributed by atoms with E-state index in [2.05, 4.69) is 10.5 Å². The van der Waals surface area contributed by atoms with E-state index in [0.717, 1.165) is 16.8 Å². The SMILES string of the molecule is Cc1noc([C@H]2[C@H](c3ccccc3)CN[C@]23C(=O)N(C)c2ccccc23)c1[N+](=O)[O-]. The lowest BCUT2D eigenvalue weighted by Gasteiger charge is -2.30. The number of aryl methyl sites for hydroxylation is 1. The average molecular weight is 404 g/mol. The molecule has 2 aromatic carbocycles. The fourth-order valence-electron chi connectivity index (χ4n) is 5.06. The summed E-state index contributed by atoms with van der Waals surface area (Å²) in [7, 11) is 1.73. The van der Waals surface area contributed by atoms with Gasteiger partial charge in [0.2, 0.25) is 5.76 Å². The van der Waals surface area contributed by atoms with Gasteiger partial charge in [-0.15, -0.1) is 0 Å². The van der Waals surface area contributed by atoms with Crippen LogP contribution in [0.15, 0.2) is 59.1 Å². The van der Waals surface area contributed by atoms with Gasteiger partial charge in [-0.25, -0.2) is 0 Å². The summed E-state index contributed by atoms with van der Waals surface area (Å²) in [5.41, 5.74) is 1.44. The second kappa shape index (κ2) is 6.50. The normalized spacial score (nSPS) is 25.1. The number of likely N-dealkylation sites (N-methyl/N-ethyl adjacent to an activating group) is 1. The second-order valence-corrected chi connectivity index (χ2v) is 7.80. The third kappa shape index (κ3) is 2.31. The Morgan fingerprint density at radius 3 is 2.63 bits per heavy atom. The maximum Gasteiger partial charge on any atom is 0.334 e. The number of benzene rings is 2. The Hall–Kier alpha value is -3.52. The first-order valence-electron chi connectivity index (χ1n) is 9.75. The van der Waals surface area contributed by atoms with Crippen LogP contribution in [-0.4, -0.2) is 29.6 Å². The first-order chi connectivity index (χ1) is 14.5. The minimum Gasteiger partial charge on any atom is -0.353 e. The predicted molar refractivity (Wildman–Crippen MR) is 109 cm³/mol. The molecule has 1 fully saturated rings. The molecule has 3 aromatic rings. The largest absolute Gasteiger partial charge is 0.353 e. The van der Waals surface area contributed by atoms with E-state index < -0.39 is 16.4 Å². The molecular formula is C22H20N4O4. The molecule has 0 aliphatic carbocycles. The van der Waals surface area contributed by atoms with Gasteiger partial charge in [0.05, 0.1) is 10.8 Å². The van der Waals surface area contributed by atoms with Crippen LogP contribution in [0.2, 0.25) is 0 Å². The van der Waals surface area contributed by atoms with E-state index in [-0.39, 0.29) is 29.0 Å². The Balaban J connectivity index is 1.79. The predicted octanol–water partition coefficient (Wildman–Crippen LogP) is 3.23. The van der Waals surface area contributed by atoms with Crippen molar-refractivity contribution in [3.63, 3.8) is 0 Å². The van der Waals surface area contributed by atoms with Gasteiger partial charge >= 0.3 is 5.69 Å². The smallest absolute Gasteiger partial charge is 0.334 e. The molecule has 1 N–H and O–H groups in total. The van der Waals surface area contributed by atoms with Gasteiger partial charge in [-0.3, -0.25) is 20.2 Å². The first kappa shape index (κ1) is 18.5. The highest BCUT2D eigenvalue weighted by atomic mass is 16.6. The van der Waals surface area contributed by atoms with Crippen LogP contribution in [0.4, 0.5) is 11.4 Å². The number of hydrogen-bond donors (Lipinski definition) is 1. The molecule has 0 radical (unpaired) electrons. The molecule has 1 amide bonds. The van der Waals surface area contributed by atoms with Crippen molar-refractivity contribution in [2.75, 3.05) is 18.5 Å². The van der Waals surface area contributed by atoms with Gasteiger partial charge in [0.1, 0.15) is 5.54 Å². The average Bonchev–Trinajstić information content (AvgIpc) is 3.39. The van der Waals surface area contributed by atoms with Crippen molar-refractivity contribution in [2.24, 2.45) is 0 Å². The van der Waals surface area contributed by atoms with Gasteiger partial charge in [-0.2, -0.15) is 0 Å². The number of fused-ring (bicyclic) bond motifs is 2. The maximum atomic E-state index is 13.7. The third-order valence-corrected chi connectivity index (χ3v) is 6.35. The monoisotopic (exact) mass is 404 g/mol. The van der Waals surface area contributed by atoms with Crippen LogP contribution in [-0.2, 0) is 10.3 Å². The molecule has 5 rings (SSSR count). The summed E-state index contributed by atoms with van der Waals surface area (Å²) in [6, 6.07) is 17.3. The van der Waals surface area contributed by atoms with E-state index in [9.17, 15) is 14.9 Å². The van der Waals surface area contributed by atoms with Crippen LogP contribution in [0.25, 0.3) is 0 Å². The molecule has 152 valence electrons. The number of nitrogens with zero attached hydrogens (tertiary/aromatic N) is 3. The molecule has 1 spiro atoms. The molecule has 1 aromatic heterocycles. The number of hydrogen-bond acceptors (Lipinski definition) is 6. The zero-order valence-corrected chi connectivity index (χ0v) is 16.5. The van der Waals surface area contributed by atoms with Crippen molar-refractivity contribution in [1.82, 2.24) is 10.5 Å². The van der Waals surface area contributed by atoms with Gasteiger partial charge in [-0.1, -0.05) is 53.7 Å². The lowest BCUT2D eigenvalue weighted by atomic mass is 9.72. The minimum absolute atomic E-state index is 0.134. The van der Waals surface area contributed by atoms with E-state index in [1.54, 1.807) is 18.9 Å². The maximum absolute atomic E-state index is 13.7. The zero-order valence-electron chi connectivity index (χ0n) is 16.5. The number of para-hydroxylation sites is 1. The highest BCUT2D eigenvalue weighted by molar-refractivity contribution is 6.08. The summed E-state index contributed by atoms with van der Waals surface area (Å²) < 4.78 is 5.58. The number of rotatable bonds is 3. The van der Waals surface area contributed by atoms with E-state index in [1.807, 2.05) is 54.6 Å². The molecule has 3 atom stereocenters. The molecule has 8 nitrogen and oxygen atoms in total. The Kier molecular flexibility index (Phi) is 4.01. The van der Waals surface area contributed by atoms with Crippen LogP contribution in [0.1, 0.15) is 34.4 Å². The van der Waals surface area contributed by atoms with Crippen molar-refractivity contribution in [1.29, 1.82) is 0 Å². The summed E-state index contributed by atoms with van der Waals surface area (Å²) in [4.78, 5) is 26.7. The standard InChI is InChI=1S/C22H20N4O4/c1-13-19(26(28)29)20(30-24-13)18-15(14-8-4-3-5-9-14)12-23-22(18)16-10-6-7-11-17(16)25(2)21(22)27/h3-11,15,18,23H,12H2,1-2H3/t15-,18+,22-/m0/s1. The Morgan fingerprint density at radius 2 is 1.90 bits per heavy atom. The lowest BCUT2D eigenvalue weighted by molar-refractivity contribution is -0.386. The topological polar surface area (TPSA) is 102 Å². The molecular weight excluding hydrogens is 384 g/mol. The minimum atomic E-state index is -1.16. The quantitative estimate of drug-likeness (QED) is 0.531. The van der Waals surface area contributed by atoms with Crippen molar-refractivity contribution >= 4 is 17.3 Å².